The number of benzene rings is 2. The van der Waals surface area contributed by atoms with E-state index >= 15 is 0 Å². The lowest BCUT2D eigenvalue weighted by Gasteiger charge is -2.12. The molecule has 3 heteroatoms. The highest BCUT2D eigenvalue weighted by Gasteiger charge is 2.20. The largest absolute Gasteiger partial charge is 0.451 e. The molecule has 3 nitrogen and oxygen atoms in total. The number of ketones is 1. The Morgan fingerprint density at radius 1 is 1.04 bits per heavy atom. The number of hydrogen-bond acceptors (Lipinski definition) is 3. The minimum Gasteiger partial charge on any atom is -0.451 e. The van der Waals surface area contributed by atoms with Crippen molar-refractivity contribution in [2.24, 2.45) is 0 Å². The second-order valence-corrected chi connectivity index (χ2v) is 6.52. The highest BCUT2D eigenvalue weighted by molar-refractivity contribution is 6.01. The van der Waals surface area contributed by atoms with Crippen LogP contribution in [0.4, 0.5) is 0 Å². The Kier molecular flexibility index (Phi) is 5.13. The number of Topliss-reactive ketones (excluding diaryl/α,β-unsaturated/α-hetero) is 1. The van der Waals surface area contributed by atoms with Crippen LogP contribution < -0.4 is 0 Å². The molecule has 1 aliphatic carbocycles. The van der Waals surface area contributed by atoms with Gasteiger partial charge in [0.2, 0.25) is 5.78 Å². The lowest BCUT2D eigenvalue weighted by molar-refractivity contribution is -0.140. The first-order valence-electron chi connectivity index (χ1n) is 8.64. The molecule has 0 fully saturated rings. The predicted molar refractivity (Wildman–Crippen MR) is 98.6 cm³/mol. The summed E-state index contributed by atoms with van der Waals surface area (Å²) in [6.45, 7) is 3.63. The zero-order valence-electron chi connectivity index (χ0n) is 14.6. The van der Waals surface area contributed by atoms with E-state index in [1.165, 1.54) is 17.2 Å². The van der Waals surface area contributed by atoms with Gasteiger partial charge in [-0.3, -0.25) is 4.79 Å². The van der Waals surface area contributed by atoms with Crippen molar-refractivity contribution in [1.82, 2.24) is 0 Å². The Morgan fingerprint density at radius 3 is 2.52 bits per heavy atom. The maximum Gasteiger partial charge on any atom is 0.331 e. The zero-order chi connectivity index (χ0) is 17.8. The topological polar surface area (TPSA) is 43.4 Å². The summed E-state index contributed by atoms with van der Waals surface area (Å²) in [6.07, 6.45) is 5.49. The van der Waals surface area contributed by atoms with Crippen LogP contribution in [0.3, 0.4) is 0 Å². The molecule has 0 radical (unpaired) electrons. The van der Waals surface area contributed by atoms with E-state index in [4.69, 9.17) is 4.74 Å². The van der Waals surface area contributed by atoms with Crippen molar-refractivity contribution >= 4 is 17.8 Å². The van der Waals surface area contributed by atoms with E-state index in [1.807, 2.05) is 49.4 Å². The van der Waals surface area contributed by atoms with Crippen molar-refractivity contribution in [3.63, 3.8) is 0 Å². The fraction of sp³-hybridized carbons (Fsp3) is 0.273. The quantitative estimate of drug-likeness (QED) is 0.465. The Labute approximate surface area is 148 Å². The van der Waals surface area contributed by atoms with Gasteiger partial charge in [0.25, 0.3) is 0 Å². The van der Waals surface area contributed by atoms with Crippen molar-refractivity contribution in [2.45, 2.75) is 39.2 Å². The minimum absolute atomic E-state index is 0.160. The first-order valence-corrected chi connectivity index (χ1v) is 8.64. The van der Waals surface area contributed by atoms with Crippen molar-refractivity contribution < 1.29 is 14.3 Å². The van der Waals surface area contributed by atoms with Crippen LogP contribution in [0.1, 0.15) is 46.0 Å². The van der Waals surface area contributed by atoms with E-state index in [1.54, 1.807) is 13.0 Å². The molecule has 0 bridgehead atoms. The average molecular weight is 334 g/mol. The summed E-state index contributed by atoms with van der Waals surface area (Å²) in [7, 11) is 0. The van der Waals surface area contributed by atoms with Crippen LogP contribution in [0.15, 0.2) is 48.5 Å². The van der Waals surface area contributed by atoms with Gasteiger partial charge in [-0.25, -0.2) is 4.79 Å². The van der Waals surface area contributed by atoms with E-state index in [2.05, 4.69) is 0 Å². The van der Waals surface area contributed by atoms with Crippen LogP contribution in [-0.2, 0) is 22.4 Å². The Bertz CT molecular complexity index is 816. The van der Waals surface area contributed by atoms with Crippen molar-refractivity contribution in [3.8, 4) is 0 Å². The molecular formula is C22H22O3. The third kappa shape index (κ3) is 4.24. The van der Waals surface area contributed by atoms with Gasteiger partial charge in [0.15, 0.2) is 6.10 Å². The summed E-state index contributed by atoms with van der Waals surface area (Å²) in [6, 6.07) is 13.6. The van der Waals surface area contributed by atoms with Gasteiger partial charge in [0.1, 0.15) is 0 Å². The van der Waals surface area contributed by atoms with E-state index < -0.39 is 12.1 Å². The second kappa shape index (κ2) is 7.47. The van der Waals surface area contributed by atoms with Crippen molar-refractivity contribution in [1.29, 1.82) is 0 Å². The molecule has 0 aromatic heterocycles. The molecule has 25 heavy (non-hydrogen) atoms. The molecule has 0 spiro atoms. The predicted octanol–water partition coefficient (Wildman–Crippen LogP) is 4.31. The molecule has 3 rings (SSSR count). The van der Waals surface area contributed by atoms with Gasteiger partial charge in [-0.05, 0) is 61.9 Å². The molecule has 0 N–H and O–H groups in total. The summed E-state index contributed by atoms with van der Waals surface area (Å²) >= 11 is 0. The molecule has 0 aliphatic heterocycles. The number of fused-ring (bicyclic) bond motifs is 1. The molecule has 2 aromatic carbocycles. The van der Waals surface area contributed by atoms with Gasteiger partial charge in [-0.15, -0.1) is 0 Å². The fourth-order valence-electron chi connectivity index (χ4n) is 3.07. The number of aryl methyl sites for hydroxylation is 3. The number of esters is 1. The summed E-state index contributed by atoms with van der Waals surface area (Å²) < 4.78 is 5.26. The summed E-state index contributed by atoms with van der Waals surface area (Å²) in [5.41, 5.74) is 5.25. The first-order chi connectivity index (χ1) is 12.0. The molecule has 1 atom stereocenters. The Hall–Kier alpha value is -2.68. The lowest BCUT2D eigenvalue weighted by atomic mass is 10.0. The van der Waals surface area contributed by atoms with Crippen LogP contribution >= 0.6 is 0 Å². The van der Waals surface area contributed by atoms with Gasteiger partial charge in [-0.1, -0.05) is 42.0 Å². The van der Waals surface area contributed by atoms with Crippen LogP contribution in [0.5, 0.6) is 0 Å². The molecule has 2 aromatic rings. The van der Waals surface area contributed by atoms with Gasteiger partial charge in [0, 0.05) is 11.6 Å². The zero-order valence-corrected chi connectivity index (χ0v) is 14.6. The average Bonchev–Trinajstić information content (AvgIpc) is 3.08. The minimum atomic E-state index is -0.797. The van der Waals surface area contributed by atoms with E-state index in [0.29, 0.717) is 5.56 Å². The monoisotopic (exact) mass is 334 g/mol. The molecule has 0 heterocycles. The van der Waals surface area contributed by atoms with E-state index in [0.717, 1.165) is 30.4 Å². The maximum atomic E-state index is 12.5. The first kappa shape index (κ1) is 17.2. The number of carbonyl (C=O) groups is 2. The van der Waals surface area contributed by atoms with Crippen LogP contribution in [0.25, 0.3) is 6.08 Å². The summed E-state index contributed by atoms with van der Waals surface area (Å²) in [5, 5.41) is 0. The van der Waals surface area contributed by atoms with Gasteiger partial charge in [0.05, 0.1) is 0 Å². The molecule has 0 amide bonds. The van der Waals surface area contributed by atoms with Crippen molar-refractivity contribution in [2.75, 3.05) is 0 Å². The Morgan fingerprint density at radius 2 is 1.76 bits per heavy atom. The molecule has 0 saturated carbocycles. The highest BCUT2D eigenvalue weighted by atomic mass is 16.5. The van der Waals surface area contributed by atoms with Gasteiger partial charge in [-0.2, -0.15) is 0 Å². The van der Waals surface area contributed by atoms with Crippen LogP contribution in [-0.4, -0.2) is 17.9 Å². The standard InChI is InChI=1S/C22H22O3/c1-15-6-8-17(9-7-15)10-13-21(23)25-16(2)22(24)20-12-11-18-4-3-5-19(18)14-20/h6-14,16H,3-5H2,1-2H3/b13-10+. The number of hydrogen-bond donors (Lipinski definition) is 0. The Balaban J connectivity index is 1.61. The smallest absolute Gasteiger partial charge is 0.331 e. The number of ether oxygens (including phenoxy) is 1. The summed E-state index contributed by atoms with van der Waals surface area (Å²) in [5.74, 6) is -0.672. The van der Waals surface area contributed by atoms with Gasteiger partial charge < -0.3 is 4.74 Å². The van der Waals surface area contributed by atoms with Crippen LogP contribution in [0, 0.1) is 6.92 Å². The highest BCUT2D eigenvalue weighted by Crippen LogP contribution is 2.23. The van der Waals surface area contributed by atoms with Gasteiger partial charge >= 0.3 is 5.97 Å². The van der Waals surface area contributed by atoms with Crippen LogP contribution in [0.2, 0.25) is 0 Å². The number of rotatable bonds is 5. The molecule has 1 aliphatic rings. The normalized spacial score (nSPS) is 14.3. The number of carbonyl (C=O) groups excluding carboxylic acids is 2. The molecule has 1 unspecified atom stereocenters. The molecule has 128 valence electrons. The fourth-order valence-corrected chi connectivity index (χ4v) is 3.07. The SMILES string of the molecule is Cc1ccc(/C=C/C(=O)OC(C)C(=O)c2ccc3c(c2)CCC3)cc1. The van der Waals surface area contributed by atoms with E-state index in [-0.39, 0.29) is 5.78 Å². The summed E-state index contributed by atoms with van der Waals surface area (Å²) in [4.78, 5) is 24.4. The molecule has 0 saturated heterocycles. The molecular weight excluding hydrogens is 312 g/mol. The van der Waals surface area contributed by atoms with Crippen molar-refractivity contribution in [3.05, 3.63) is 76.4 Å². The third-order valence-electron chi connectivity index (χ3n) is 4.53. The van der Waals surface area contributed by atoms with E-state index in [9.17, 15) is 9.59 Å². The maximum absolute atomic E-state index is 12.5. The second-order valence-electron chi connectivity index (χ2n) is 6.52. The third-order valence-corrected chi connectivity index (χ3v) is 4.53. The lowest BCUT2D eigenvalue weighted by Crippen LogP contribution is -2.23.